The zero-order chi connectivity index (χ0) is 31.4. The fourth-order valence-electron chi connectivity index (χ4n) is 4.93. The zero-order valence-electron chi connectivity index (χ0n) is 23.1. The maximum atomic E-state index is 13.8. The number of anilines is 1. The minimum Gasteiger partial charge on any atom is -0.444 e. The van der Waals surface area contributed by atoms with Crippen LogP contribution >= 0.6 is 22.9 Å². The average molecular weight is 652 g/mol. The summed E-state index contributed by atoms with van der Waals surface area (Å²) in [5, 5.41) is 14.5. The Labute approximate surface area is 262 Å². The van der Waals surface area contributed by atoms with Crippen LogP contribution in [0.5, 0.6) is 0 Å². The molecule has 0 radical (unpaired) electrons. The summed E-state index contributed by atoms with van der Waals surface area (Å²) in [5.41, 5.74) is 7.26. The molecule has 5 rings (SSSR count). The number of nitrogens with one attached hydrogen (secondary N) is 1. The number of likely N-dealkylation sites (tertiary alicyclic amines) is 1. The molecule has 1 aromatic heterocycles. The van der Waals surface area contributed by atoms with Gasteiger partial charge in [-0.05, 0) is 52.6 Å². The van der Waals surface area contributed by atoms with Crippen molar-refractivity contribution < 1.29 is 27.5 Å². The van der Waals surface area contributed by atoms with E-state index in [0.717, 1.165) is 15.4 Å². The molecule has 11 nitrogen and oxygen atoms in total. The second kappa shape index (κ2) is 13.0. The number of thiophene rings is 1. The number of ether oxygens (including phenoxy) is 1. The molecule has 1 fully saturated rings. The molecular formula is C30H26ClN5O6S2. The number of nitrogens with zero attached hydrogens (tertiary/aromatic N) is 3. The predicted molar refractivity (Wildman–Crippen MR) is 165 cm³/mol. The number of hydrogen-bond donors (Lipinski definition) is 2. The molecule has 0 spiro atoms. The van der Waals surface area contributed by atoms with Crippen molar-refractivity contribution in [2.75, 3.05) is 18.4 Å². The third-order valence-electron chi connectivity index (χ3n) is 7.05. The third kappa shape index (κ3) is 6.68. The van der Waals surface area contributed by atoms with Crippen molar-refractivity contribution in [3.63, 3.8) is 0 Å². The number of halogens is 1. The fraction of sp³-hybridized carbons (Fsp3) is 0.200. The molecule has 226 valence electrons. The number of amides is 3. The van der Waals surface area contributed by atoms with Gasteiger partial charge in [0.2, 0.25) is 21.8 Å². The smallest absolute Gasteiger partial charge is 0.412 e. The summed E-state index contributed by atoms with van der Waals surface area (Å²) in [4.78, 5) is 39.5. The molecule has 3 N–H and O–H groups in total. The van der Waals surface area contributed by atoms with Gasteiger partial charge in [-0.15, -0.1) is 11.3 Å². The minimum atomic E-state index is -4.36. The SMILES string of the molecule is N#Cc1cc(CN2CC[C@H](N(CC(N)=O)S(=O)(=O)c3ccc4c(Cl)c(NC(=O)OCc5ccccc5)ccc4c3)C2=O)cs1. The maximum absolute atomic E-state index is 13.8. The van der Waals surface area contributed by atoms with Gasteiger partial charge in [-0.3, -0.25) is 14.9 Å². The number of sulfonamides is 1. The number of rotatable bonds is 10. The highest BCUT2D eigenvalue weighted by molar-refractivity contribution is 7.89. The molecule has 14 heteroatoms. The van der Waals surface area contributed by atoms with Crippen molar-refractivity contribution in [1.29, 1.82) is 5.26 Å². The summed E-state index contributed by atoms with van der Waals surface area (Å²) in [7, 11) is -4.36. The number of nitriles is 1. The molecule has 4 aromatic rings. The van der Waals surface area contributed by atoms with Gasteiger partial charge in [0.1, 0.15) is 23.6 Å². The molecule has 44 heavy (non-hydrogen) atoms. The first kappa shape index (κ1) is 31.0. The van der Waals surface area contributed by atoms with Crippen molar-refractivity contribution in [2.24, 2.45) is 5.73 Å². The average Bonchev–Trinajstić information content (AvgIpc) is 3.62. The Balaban J connectivity index is 1.35. The number of nitrogens with two attached hydrogens (primary N) is 1. The third-order valence-corrected chi connectivity index (χ3v) is 10.2. The van der Waals surface area contributed by atoms with Crippen LogP contribution in [0.4, 0.5) is 10.5 Å². The lowest BCUT2D eigenvalue weighted by Crippen LogP contribution is -2.48. The Kier molecular flexibility index (Phi) is 9.17. The first-order chi connectivity index (χ1) is 21.1. The molecule has 1 saturated heterocycles. The summed E-state index contributed by atoms with van der Waals surface area (Å²) < 4.78 is 33.8. The van der Waals surface area contributed by atoms with Crippen LogP contribution in [-0.2, 0) is 37.5 Å². The predicted octanol–water partition coefficient (Wildman–Crippen LogP) is 4.45. The molecule has 1 aliphatic rings. The number of carbonyl (C=O) groups is 3. The highest BCUT2D eigenvalue weighted by atomic mass is 35.5. The van der Waals surface area contributed by atoms with Gasteiger partial charge in [-0.1, -0.05) is 54.1 Å². The minimum absolute atomic E-state index is 0.0677. The first-order valence-corrected chi connectivity index (χ1v) is 16.0. The Morgan fingerprint density at radius 2 is 1.91 bits per heavy atom. The Bertz CT molecular complexity index is 1890. The number of fused-ring (bicyclic) bond motifs is 1. The quantitative estimate of drug-likeness (QED) is 0.256. The maximum Gasteiger partial charge on any atom is 0.412 e. The Hall–Kier alpha value is -4.48. The summed E-state index contributed by atoms with van der Waals surface area (Å²) in [5.74, 6) is -1.37. The normalized spacial score (nSPS) is 15.0. The highest BCUT2D eigenvalue weighted by Gasteiger charge is 2.42. The molecule has 0 aliphatic carbocycles. The van der Waals surface area contributed by atoms with Gasteiger partial charge in [0.25, 0.3) is 0 Å². The van der Waals surface area contributed by atoms with E-state index in [4.69, 9.17) is 27.3 Å². The van der Waals surface area contributed by atoms with Crippen LogP contribution in [0, 0.1) is 11.3 Å². The lowest BCUT2D eigenvalue weighted by atomic mass is 10.1. The van der Waals surface area contributed by atoms with Gasteiger partial charge in [-0.25, -0.2) is 13.2 Å². The van der Waals surface area contributed by atoms with Crippen LogP contribution in [0.25, 0.3) is 10.8 Å². The van der Waals surface area contributed by atoms with E-state index in [1.54, 1.807) is 17.5 Å². The number of benzene rings is 3. The van der Waals surface area contributed by atoms with Crippen LogP contribution in [0.1, 0.15) is 22.4 Å². The van der Waals surface area contributed by atoms with E-state index in [-0.39, 0.29) is 41.7 Å². The highest BCUT2D eigenvalue weighted by Crippen LogP contribution is 2.34. The van der Waals surface area contributed by atoms with Crippen LogP contribution < -0.4 is 11.1 Å². The van der Waals surface area contributed by atoms with E-state index in [0.29, 0.717) is 15.6 Å². The van der Waals surface area contributed by atoms with Crippen LogP contribution in [-0.4, -0.2) is 54.7 Å². The monoisotopic (exact) mass is 651 g/mol. The second-order valence-electron chi connectivity index (χ2n) is 10.0. The fourth-order valence-corrected chi connectivity index (χ4v) is 7.52. The molecule has 1 aliphatic heterocycles. The van der Waals surface area contributed by atoms with Crippen molar-refractivity contribution in [3.05, 3.63) is 93.1 Å². The van der Waals surface area contributed by atoms with Gasteiger partial charge < -0.3 is 15.4 Å². The van der Waals surface area contributed by atoms with Gasteiger partial charge in [0.15, 0.2) is 0 Å². The Morgan fingerprint density at radius 1 is 1.14 bits per heavy atom. The molecule has 3 amide bonds. The van der Waals surface area contributed by atoms with Gasteiger partial charge in [0, 0.05) is 18.5 Å². The second-order valence-corrected chi connectivity index (χ2v) is 13.2. The van der Waals surface area contributed by atoms with Crippen molar-refractivity contribution in [2.45, 2.75) is 30.5 Å². The summed E-state index contributed by atoms with van der Waals surface area (Å²) in [6.45, 7) is -0.139. The van der Waals surface area contributed by atoms with Crippen molar-refractivity contribution in [3.8, 4) is 6.07 Å². The molecule has 0 saturated carbocycles. The largest absolute Gasteiger partial charge is 0.444 e. The molecular weight excluding hydrogens is 626 g/mol. The van der Waals surface area contributed by atoms with E-state index in [2.05, 4.69) is 11.4 Å². The van der Waals surface area contributed by atoms with Gasteiger partial charge in [-0.2, -0.15) is 9.57 Å². The van der Waals surface area contributed by atoms with E-state index in [1.165, 1.54) is 40.5 Å². The van der Waals surface area contributed by atoms with E-state index < -0.39 is 40.5 Å². The van der Waals surface area contributed by atoms with Crippen molar-refractivity contribution in [1.82, 2.24) is 9.21 Å². The van der Waals surface area contributed by atoms with Crippen LogP contribution in [0.3, 0.4) is 0 Å². The van der Waals surface area contributed by atoms with E-state index in [9.17, 15) is 22.8 Å². The molecule has 1 atom stereocenters. The number of primary amides is 1. The van der Waals surface area contributed by atoms with Gasteiger partial charge >= 0.3 is 6.09 Å². The molecule has 0 bridgehead atoms. The molecule has 2 heterocycles. The summed E-state index contributed by atoms with van der Waals surface area (Å²) in [6, 6.07) is 19.1. The van der Waals surface area contributed by atoms with Crippen molar-refractivity contribution >= 4 is 67.3 Å². The number of carbonyl (C=O) groups excluding carboxylic acids is 3. The van der Waals surface area contributed by atoms with E-state index in [1.807, 2.05) is 30.3 Å². The van der Waals surface area contributed by atoms with Crippen LogP contribution in [0.2, 0.25) is 5.02 Å². The van der Waals surface area contributed by atoms with Gasteiger partial charge in [0.05, 0.1) is 22.2 Å². The topological polar surface area (TPSA) is 163 Å². The van der Waals surface area contributed by atoms with E-state index >= 15 is 0 Å². The number of hydrogen-bond acceptors (Lipinski definition) is 8. The lowest BCUT2D eigenvalue weighted by molar-refractivity contribution is -0.131. The lowest BCUT2D eigenvalue weighted by Gasteiger charge is -2.26. The molecule has 3 aromatic carbocycles. The van der Waals surface area contributed by atoms with Crippen LogP contribution in [0.15, 0.2) is 77.0 Å². The first-order valence-electron chi connectivity index (χ1n) is 13.3. The Morgan fingerprint density at radius 3 is 2.61 bits per heavy atom. The standard InChI is InChI=1S/C30H26ClN5O6S2/c31-28-24-8-7-23(13-21(24)6-9-25(28)34-30(39)42-17-19-4-2-1-3-5-19)44(40,41)36(16-27(33)37)26-10-11-35(29(26)38)15-20-12-22(14-32)43-18-20/h1-9,12-13,18,26H,10-11,15-17H2,(H2,33,37)(H,34,39)/t26-/m0/s1. The molecule has 0 unspecified atom stereocenters. The summed E-state index contributed by atoms with van der Waals surface area (Å²) in [6.07, 6.45) is -0.550. The zero-order valence-corrected chi connectivity index (χ0v) is 25.5. The summed E-state index contributed by atoms with van der Waals surface area (Å²) >= 11 is 7.81.